The third kappa shape index (κ3) is 4.67. The van der Waals surface area contributed by atoms with E-state index in [1.165, 1.54) is 0 Å². The maximum atomic E-state index is 11.7. The van der Waals surface area contributed by atoms with Crippen molar-refractivity contribution in [2.24, 2.45) is 11.7 Å². The number of carbonyl (C=O) groups excluding carboxylic acids is 2. The lowest BCUT2D eigenvalue weighted by molar-refractivity contribution is -0.125. The van der Waals surface area contributed by atoms with E-state index >= 15 is 0 Å². The normalized spacial score (nSPS) is 12.1. The molecule has 1 aromatic carbocycles. The van der Waals surface area contributed by atoms with Crippen LogP contribution in [-0.4, -0.2) is 24.4 Å². The lowest BCUT2D eigenvalue weighted by Gasteiger charge is -2.15. The molecule has 4 N–H and O–H groups in total. The number of nitrogens with one attached hydrogen (secondary N) is 2. The predicted molar refractivity (Wildman–Crippen MR) is 80.9 cm³/mol. The molecule has 0 unspecified atom stereocenters. The zero-order chi connectivity index (χ0) is 15.3. The molecule has 1 rings (SSSR count). The third-order valence-electron chi connectivity index (χ3n) is 2.67. The summed E-state index contributed by atoms with van der Waals surface area (Å²) in [6.45, 7) is 3.48. The smallest absolute Gasteiger partial charge is 0.243 e. The minimum atomic E-state index is -0.641. The first kappa shape index (κ1) is 16.8. The van der Waals surface area contributed by atoms with Gasteiger partial charge in [-0.1, -0.05) is 43.1 Å². The highest BCUT2D eigenvalue weighted by atomic mass is 35.5. The van der Waals surface area contributed by atoms with Gasteiger partial charge in [0.2, 0.25) is 11.8 Å². The highest BCUT2D eigenvalue weighted by molar-refractivity contribution is 6.44. The minimum absolute atomic E-state index is 0.000403. The third-order valence-corrected chi connectivity index (χ3v) is 3.49. The van der Waals surface area contributed by atoms with E-state index in [2.05, 4.69) is 10.6 Å². The summed E-state index contributed by atoms with van der Waals surface area (Å²) in [4.78, 5) is 23.3. The standard InChI is InChI=1S/C13H17Cl2N3O2/c1-7(2)12(16)13(20)17-6-10(19)18-9-5-3-4-8(14)11(9)15/h3-5,7,12H,6,16H2,1-2H3,(H,17,20)(H,18,19)/t12-/m0/s1. The van der Waals surface area contributed by atoms with Crippen molar-refractivity contribution in [2.75, 3.05) is 11.9 Å². The van der Waals surface area contributed by atoms with Gasteiger partial charge in [-0.15, -0.1) is 0 Å². The number of halogens is 2. The second-order valence-corrected chi connectivity index (χ2v) is 5.42. The zero-order valence-corrected chi connectivity index (χ0v) is 12.8. The Labute approximate surface area is 127 Å². The molecule has 5 nitrogen and oxygen atoms in total. The molecule has 20 heavy (non-hydrogen) atoms. The molecule has 110 valence electrons. The van der Waals surface area contributed by atoms with E-state index in [0.717, 1.165) is 0 Å². The van der Waals surface area contributed by atoms with Gasteiger partial charge in [0.1, 0.15) is 0 Å². The highest BCUT2D eigenvalue weighted by Crippen LogP contribution is 2.29. The van der Waals surface area contributed by atoms with Crippen LogP contribution < -0.4 is 16.4 Å². The van der Waals surface area contributed by atoms with Crippen molar-refractivity contribution < 1.29 is 9.59 Å². The molecule has 7 heteroatoms. The fraction of sp³-hybridized carbons (Fsp3) is 0.385. The van der Waals surface area contributed by atoms with Crippen LogP contribution in [0.1, 0.15) is 13.8 Å². The maximum absolute atomic E-state index is 11.7. The number of hydrogen-bond acceptors (Lipinski definition) is 3. The van der Waals surface area contributed by atoms with Crippen LogP contribution in [-0.2, 0) is 9.59 Å². The van der Waals surface area contributed by atoms with Gasteiger partial charge in [0.05, 0.1) is 28.3 Å². The van der Waals surface area contributed by atoms with Gasteiger partial charge in [0, 0.05) is 0 Å². The predicted octanol–water partition coefficient (Wildman–Crippen LogP) is 2.03. The number of amides is 2. The van der Waals surface area contributed by atoms with Crippen molar-refractivity contribution >= 4 is 40.7 Å². The topological polar surface area (TPSA) is 84.2 Å². The van der Waals surface area contributed by atoms with Crippen LogP contribution in [0.5, 0.6) is 0 Å². The summed E-state index contributed by atoms with van der Waals surface area (Å²) in [6.07, 6.45) is 0. The van der Waals surface area contributed by atoms with Crippen LogP contribution in [0.2, 0.25) is 10.0 Å². The van der Waals surface area contributed by atoms with E-state index in [1.807, 2.05) is 13.8 Å². The molecule has 0 heterocycles. The lowest BCUT2D eigenvalue weighted by atomic mass is 10.1. The zero-order valence-electron chi connectivity index (χ0n) is 11.2. The molecule has 0 aromatic heterocycles. The molecule has 0 aliphatic rings. The van der Waals surface area contributed by atoms with Gasteiger partial charge in [0.15, 0.2) is 0 Å². The SMILES string of the molecule is CC(C)[C@H](N)C(=O)NCC(=O)Nc1cccc(Cl)c1Cl. The molecule has 0 aliphatic carbocycles. The molecule has 0 saturated heterocycles. The Hall–Kier alpha value is -1.30. The summed E-state index contributed by atoms with van der Waals surface area (Å²) in [7, 11) is 0. The van der Waals surface area contributed by atoms with Crippen molar-refractivity contribution in [3.05, 3.63) is 28.2 Å². The fourth-order valence-corrected chi connectivity index (χ4v) is 1.73. The minimum Gasteiger partial charge on any atom is -0.346 e. The number of hydrogen-bond donors (Lipinski definition) is 3. The molecule has 0 bridgehead atoms. The first-order valence-electron chi connectivity index (χ1n) is 6.10. The molecule has 0 fully saturated rings. The van der Waals surface area contributed by atoms with Crippen LogP contribution >= 0.6 is 23.2 Å². The van der Waals surface area contributed by atoms with Crippen molar-refractivity contribution in [3.63, 3.8) is 0 Å². The highest BCUT2D eigenvalue weighted by Gasteiger charge is 2.17. The van der Waals surface area contributed by atoms with Gasteiger partial charge in [-0.05, 0) is 18.1 Å². The van der Waals surface area contributed by atoms with E-state index in [9.17, 15) is 9.59 Å². The molecule has 0 saturated carbocycles. The number of nitrogens with two attached hydrogens (primary N) is 1. The first-order chi connectivity index (χ1) is 9.32. The Morgan fingerprint density at radius 1 is 1.30 bits per heavy atom. The van der Waals surface area contributed by atoms with Gasteiger partial charge in [-0.3, -0.25) is 9.59 Å². The van der Waals surface area contributed by atoms with E-state index in [-0.39, 0.29) is 23.4 Å². The van der Waals surface area contributed by atoms with Gasteiger partial charge < -0.3 is 16.4 Å². The molecule has 1 atom stereocenters. The summed E-state index contributed by atoms with van der Waals surface area (Å²) in [5, 5.41) is 5.63. The van der Waals surface area contributed by atoms with Gasteiger partial charge >= 0.3 is 0 Å². The second-order valence-electron chi connectivity index (χ2n) is 4.64. The quantitative estimate of drug-likeness (QED) is 0.777. The van der Waals surface area contributed by atoms with Crippen molar-refractivity contribution in [1.82, 2.24) is 5.32 Å². The van der Waals surface area contributed by atoms with Crippen LogP contribution in [0.15, 0.2) is 18.2 Å². The Bertz CT molecular complexity index is 506. The van der Waals surface area contributed by atoms with Crippen LogP contribution in [0.3, 0.4) is 0 Å². The van der Waals surface area contributed by atoms with Gasteiger partial charge in [0.25, 0.3) is 0 Å². The van der Waals surface area contributed by atoms with Crippen molar-refractivity contribution in [3.8, 4) is 0 Å². The summed E-state index contributed by atoms with van der Waals surface area (Å²) in [5.41, 5.74) is 6.06. The van der Waals surface area contributed by atoms with E-state index < -0.39 is 11.9 Å². The maximum Gasteiger partial charge on any atom is 0.243 e. The molecule has 1 aromatic rings. The summed E-state index contributed by atoms with van der Waals surface area (Å²) < 4.78 is 0. The number of benzene rings is 1. The fourth-order valence-electron chi connectivity index (χ4n) is 1.38. The monoisotopic (exact) mass is 317 g/mol. The summed E-state index contributed by atoms with van der Waals surface area (Å²) in [6, 6.07) is 4.26. The van der Waals surface area contributed by atoms with Gasteiger partial charge in [-0.2, -0.15) is 0 Å². The van der Waals surface area contributed by atoms with E-state index in [1.54, 1.807) is 18.2 Å². The van der Waals surface area contributed by atoms with E-state index in [4.69, 9.17) is 28.9 Å². The average molecular weight is 318 g/mol. The second kappa shape index (κ2) is 7.47. The molecule has 0 radical (unpaired) electrons. The average Bonchev–Trinajstić information content (AvgIpc) is 2.40. The Morgan fingerprint density at radius 3 is 2.55 bits per heavy atom. The molecular formula is C13H17Cl2N3O2. The van der Waals surface area contributed by atoms with Crippen LogP contribution in [0.25, 0.3) is 0 Å². The lowest BCUT2D eigenvalue weighted by Crippen LogP contribution is -2.46. The molecular weight excluding hydrogens is 301 g/mol. The van der Waals surface area contributed by atoms with Crippen LogP contribution in [0.4, 0.5) is 5.69 Å². The Kier molecular flexibility index (Phi) is 6.26. The first-order valence-corrected chi connectivity index (χ1v) is 6.85. The number of carbonyl (C=O) groups is 2. The van der Waals surface area contributed by atoms with Crippen molar-refractivity contribution in [1.29, 1.82) is 0 Å². The van der Waals surface area contributed by atoms with Gasteiger partial charge in [-0.25, -0.2) is 0 Å². The molecule has 2 amide bonds. The summed E-state index contributed by atoms with van der Waals surface area (Å²) >= 11 is 11.8. The van der Waals surface area contributed by atoms with E-state index in [0.29, 0.717) is 10.7 Å². The van der Waals surface area contributed by atoms with Crippen LogP contribution in [0, 0.1) is 5.92 Å². The largest absolute Gasteiger partial charge is 0.346 e. The number of anilines is 1. The summed E-state index contributed by atoms with van der Waals surface area (Å²) in [5.74, 6) is -0.772. The molecule has 0 spiro atoms. The molecule has 0 aliphatic heterocycles. The van der Waals surface area contributed by atoms with Crippen molar-refractivity contribution in [2.45, 2.75) is 19.9 Å². The Balaban J connectivity index is 2.53. The number of rotatable bonds is 5. The Morgan fingerprint density at radius 2 is 1.95 bits per heavy atom.